The van der Waals surface area contributed by atoms with Gasteiger partial charge in [-0.1, -0.05) is 17.7 Å². The van der Waals surface area contributed by atoms with E-state index in [1.165, 1.54) is 11.6 Å². The molecule has 3 N–H and O–H groups in total. The Morgan fingerprint density at radius 1 is 0.982 bits per heavy atom. The molecule has 5 amide bonds. The molecule has 2 aromatic heterocycles. The summed E-state index contributed by atoms with van der Waals surface area (Å²) in [4.78, 5) is 89.7. The minimum Gasteiger partial charge on any atom is -0.478 e. The number of carbonyl (C=O) groups is 5. The number of fused-ring (bicyclic) bond motifs is 2. The van der Waals surface area contributed by atoms with Crippen molar-refractivity contribution < 1.29 is 33.4 Å². The summed E-state index contributed by atoms with van der Waals surface area (Å²) >= 11 is 6.52. The summed E-state index contributed by atoms with van der Waals surface area (Å²) < 4.78 is 13.4. The molecule has 0 spiro atoms. The lowest BCUT2D eigenvalue weighted by atomic mass is 10.0. The Labute approximate surface area is 324 Å². The number of halogens is 1. The highest BCUT2D eigenvalue weighted by atomic mass is 35.5. The van der Waals surface area contributed by atoms with Crippen molar-refractivity contribution in [1.82, 2.24) is 30.1 Å². The smallest absolute Gasteiger partial charge is 0.293 e. The molecule has 0 aliphatic carbocycles. The second-order valence-corrected chi connectivity index (χ2v) is 14.5. The average molecular weight is 784 g/mol. The van der Waals surface area contributed by atoms with Gasteiger partial charge < -0.3 is 34.5 Å². The van der Waals surface area contributed by atoms with E-state index in [0.29, 0.717) is 65.2 Å². The van der Waals surface area contributed by atoms with Crippen molar-refractivity contribution in [3.63, 3.8) is 0 Å². The van der Waals surface area contributed by atoms with Gasteiger partial charge in [0.05, 0.1) is 40.7 Å². The number of aromatic nitrogens is 3. The first-order valence-corrected chi connectivity index (χ1v) is 18.6. The number of benzene rings is 2. The Kier molecular flexibility index (Phi) is 9.80. The standard InChI is InChI=1S/C38H38ClN9O8/c1-40-31(50)19-55-29-15-20-14-21(6-7-26(20)45(2)36(29)53)42-33-25(39)16-41-38(44-33)46-12-10-22(11-13-46)56-23-17-47(18-23)27-5-3-4-24-32(27)37(54)48(35(24)52)28-8-9-30(49)43-34(28)51/h3-7,14-16,22-23,28H,8-13,17-19H2,1-2H3,(H,40,50)(H,41,42,44)(H,43,49,51). The van der Waals surface area contributed by atoms with Gasteiger partial charge in [0.15, 0.2) is 18.2 Å². The molecule has 4 aliphatic rings. The van der Waals surface area contributed by atoms with E-state index >= 15 is 0 Å². The number of rotatable bonds is 10. The van der Waals surface area contributed by atoms with Gasteiger partial charge in [-0.05, 0) is 55.7 Å². The molecule has 18 heteroatoms. The van der Waals surface area contributed by atoms with Crippen LogP contribution in [0.5, 0.6) is 5.75 Å². The number of amides is 5. The molecule has 1 unspecified atom stereocenters. The third kappa shape index (κ3) is 6.87. The maximum Gasteiger partial charge on any atom is 0.293 e. The highest BCUT2D eigenvalue weighted by Gasteiger charge is 2.47. The molecule has 56 heavy (non-hydrogen) atoms. The number of piperidine rings is 2. The van der Waals surface area contributed by atoms with Gasteiger partial charge in [0.1, 0.15) is 11.1 Å². The molecule has 2 aromatic carbocycles. The molecule has 4 aromatic rings. The van der Waals surface area contributed by atoms with Crippen LogP contribution in [0, 0.1) is 0 Å². The number of likely N-dealkylation sites (N-methyl/N-ethyl adjacent to an activating group) is 1. The summed E-state index contributed by atoms with van der Waals surface area (Å²) in [7, 11) is 3.13. The van der Waals surface area contributed by atoms with Gasteiger partial charge >= 0.3 is 0 Å². The molecule has 0 saturated carbocycles. The molecule has 8 rings (SSSR count). The zero-order chi connectivity index (χ0) is 39.2. The van der Waals surface area contributed by atoms with Crippen LogP contribution in [0.15, 0.2) is 53.5 Å². The van der Waals surface area contributed by atoms with Crippen molar-refractivity contribution in [3.05, 3.63) is 75.2 Å². The summed E-state index contributed by atoms with van der Waals surface area (Å²) in [5, 5.41) is 9.00. The molecule has 3 saturated heterocycles. The van der Waals surface area contributed by atoms with Crippen molar-refractivity contribution in [2.45, 2.75) is 43.9 Å². The van der Waals surface area contributed by atoms with Crippen LogP contribution in [0.2, 0.25) is 5.02 Å². The monoisotopic (exact) mass is 783 g/mol. The van der Waals surface area contributed by atoms with Crippen LogP contribution in [0.3, 0.4) is 0 Å². The number of ether oxygens (including phenoxy) is 2. The molecule has 290 valence electrons. The Bertz CT molecular complexity index is 2360. The van der Waals surface area contributed by atoms with Crippen molar-refractivity contribution in [2.24, 2.45) is 7.05 Å². The number of pyridine rings is 1. The molecule has 4 aliphatic heterocycles. The molecule has 6 heterocycles. The second kappa shape index (κ2) is 14.9. The number of hydrogen-bond acceptors (Lipinski definition) is 13. The minimum atomic E-state index is -1.02. The van der Waals surface area contributed by atoms with Gasteiger partial charge in [-0.2, -0.15) is 4.98 Å². The van der Waals surface area contributed by atoms with Crippen molar-refractivity contribution in [3.8, 4) is 5.75 Å². The number of nitrogens with zero attached hydrogens (tertiary/aromatic N) is 6. The van der Waals surface area contributed by atoms with E-state index in [0.717, 1.165) is 17.7 Å². The van der Waals surface area contributed by atoms with Crippen molar-refractivity contribution in [1.29, 1.82) is 0 Å². The van der Waals surface area contributed by atoms with Crippen LogP contribution in [0.4, 0.5) is 23.1 Å². The van der Waals surface area contributed by atoms with E-state index in [1.54, 1.807) is 43.6 Å². The number of aryl methyl sites for hydroxylation is 1. The summed E-state index contributed by atoms with van der Waals surface area (Å²) in [6.07, 6.45) is 3.15. The molecule has 1 atom stereocenters. The maximum absolute atomic E-state index is 13.5. The maximum atomic E-state index is 13.5. The van der Waals surface area contributed by atoms with Crippen LogP contribution in [-0.2, 0) is 26.2 Å². The number of imide groups is 2. The van der Waals surface area contributed by atoms with Gasteiger partial charge in [0.2, 0.25) is 17.8 Å². The van der Waals surface area contributed by atoms with Gasteiger partial charge in [-0.3, -0.25) is 39.0 Å². The third-order valence-electron chi connectivity index (χ3n) is 10.6. The first-order valence-electron chi connectivity index (χ1n) is 18.3. The zero-order valence-corrected chi connectivity index (χ0v) is 31.3. The van der Waals surface area contributed by atoms with Crippen LogP contribution in [0.25, 0.3) is 10.9 Å². The number of nitrogens with one attached hydrogen (secondary N) is 3. The lowest BCUT2D eigenvalue weighted by Crippen LogP contribution is -2.55. The topological polar surface area (TPSA) is 197 Å². The Hall–Kier alpha value is -6.07. The fourth-order valence-electron chi connectivity index (χ4n) is 7.53. The Morgan fingerprint density at radius 3 is 2.52 bits per heavy atom. The number of hydrogen-bond donors (Lipinski definition) is 3. The van der Waals surface area contributed by atoms with E-state index in [1.807, 2.05) is 17.0 Å². The van der Waals surface area contributed by atoms with Crippen LogP contribution in [0.1, 0.15) is 46.4 Å². The summed E-state index contributed by atoms with van der Waals surface area (Å²) in [6, 6.07) is 11.1. The summed E-state index contributed by atoms with van der Waals surface area (Å²) in [5.74, 6) is -1.48. The highest BCUT2D eigenvalue weighted by molar-refractivity contribution is 6.33. The lowest BCUT2D eigenvalue weighted by molar-refractivity contribution is -0.136. The largest absolute Gasteiger partial charge is 0.478 e. The second-order valence-electron chi connectivity index (χ2n) is 14.1. The minimum absolute atomic E-state index is 0.00907. The summed E-state index contributed by atoms with van der Waals surface area (Å²) in [5.41, 5.74) is 2.14. The summed E-state index contributed by atoms with van der Waals surface area (Å²) in [6.45, 7) is 2.12. The SMILES string of the molecule is CNC(=O)COc1cc2cc(Nc3nc(N4CCC(OC5CN(c6cccc7c6C(=O)N(C6CCC(=O)NC6=O)C7=O)C5)CC4)ncc3Cl)ccc2n(C)c1=O. The number of anilines is 4. The molecule has 0 radical (unpaired) electrons. The van der Waals surface area contributed by atoms with E-state index in [2.05, 4.69) is 25.8 Å². The van der Waals surface area contributed by atoms with Gasteiger partial charge in [-0.25, -0.2) is 4.98 Å². The van der Waals surface area contributed by atoms with Gasteiger partial charge in [0, 0.05) is 57.8 Å². The van der Waals surface area contributed by atoms with E-state index < -0.39 is 29.7 Å². The normalized spacial score (nSPS) is 18.9. The number of carbonyl (C=O) groups excluding carboxylic acids is 5. The third-order valence-corrected chi connectivity index (χ3v) is 10.8. The van der Waals surface area contributed by atoms with Crippen LogP contribution in [-0.4, -0.2) is 107 Å². The highest BCUT2D eigenvalue weighted by Crippen LogP contribution is 2.37. The fourth-order valence-corrected chi connectivity index (χ4v) is 7.67. The fraction of sp³-hybridized carbons (Fsp3) is 0.368. The van der Waals surface area contributed by atoms with E-state index in [-0.39, 0.29) is 60.0 Å². The zero-order valence-electron chi connectivity index (χ0n) is 30.5. The van der Waals surface area contributed by atoms with Gasteiger partial charge in [-0.15, -0.1) is 0 Å². The first-order chi connectivity index (χ1) is 27.0. The molecule has 17 nitrogen and oxygen atoms in total. The van der Waals surface area contributed by atoms with Crippen LogP contribution < -0.4 is 36.0 Å². The van der Waals surface area contributed by atoms with Crippen LogP contribution >= 0.6 is 11.6 Å². The molecule has 3 fully saturated rings. The van der Waals surface area contributed by atoms with E-state index in [9.17, 15) is 28.8 Å². The predicted molar refractivity (Wildman–Crippen MR) is 205 cm³/mol. The lowest BCUT2D eigenvalue weighted by Gasteiger charge is -2.44. The Morgan fingerprint density at radius 2 is 1.77 bits per heavy atom. The van der Waals surface area contributed by atoms with Gasteiger partial charge in [0.25, 0.3) is 23.3 Å². The Balaban J connectivity index is 0.868. The van der Waals surface area contributed by atoms with Crippen molar-refractivity contribution in [2.75, 3.05) is 55.0 Å². The van der Waals surface area contributed by atoms with E-state index in [4.69, 9.17) is 26.1 Å². The molecular weight excluding hydrogens is 746 g/mol. The average Bonchev–Trinajstić information content (AvgIpc) is 3.43. The quantitative estimate of drug-likeness (QED) is 0.198. The molecular formula is C38H38ClN9O8. The first kappa shape index (κ1) is 36.9. The molecule has 0 bridgehead atoms. The van der Waals surface area contributed by atoms with Crippen molar-refractivity contribution >= 4 is 75.2 Å². The predicted octanol–water partition coefficient (Wildman–Crippen LogP) is 2.13.